The van der Waals surface area contributed by atoms with Gasteiger partial charge in [0, 0.05) is 13.2 Å². The Morgan fingerprint density at radius 2 is 2.38 bits per heavy atom. The molecule has 0 spiro atoms. The molecule has 0 aliphatic heterocycles. The highest BCUT2D eigenvalue weighted by atomic mass is 35.5. The van der Waals surface area contributed by atoms with Crippen molar-refractivity contribution in [3.8, 4) is 0 Å². The zero-order chi connectivity index (χ0) is 11.6. The maximum Gasteiger partial charge on any atom is 0.262 e. The Morgan fingerprint density at radius 3 is 2.88 bits per heavy atom. The summed E-state index contributed by atoms with van der Waals surface area (Å²) in [5.41, 5.74) is 0.147. The van der Waals surface area contributed by atoms with Crippen LogP contribution < -0.4 is 5.32 Å². The first-order valence-corrected chi connectivity index (χ1v) is 6.55. The maximum absolute atomic E-state index is 11.8. The van der Waals surface area contributed by atoms with Gasteiger partial charge in [0.05, 0.1) is 5.02 Å². The number of aliphatic hydroxyl groups is 1. The van der Waals surface area contributed by atoms with E-state index in [9.17, 15) is 4.79 Å². The van der Waals surface area contributed by atoms with Crippen molar-refractivity contribution in [1.82, 2.24) is 5.32 Å². The predicted molar refractivity (Wildman–Crippen MR) is 65.0 cm³/mol. The molecule has 1 aliphatic rings. The van der Waals surface area contributed by atoms with Crippen molar-refractivity contribution in [3.63, 3.8) is 0 Å². The summed E-state index contributed by atoms with van der Waals surface area (Å²) in [6.45, 7) is 0.830. The van der Waals surface area contributed by atoms with E-state index < -0.39 is 0 Å². The van der Waals surface area contributed by atoms with E-state index in [0.717, 1.165) is 19.3 Å². The molecule has 1 aromatic rings. The fourth-order valence-corrected chi connectivity index (χ4v) is 2.79. The van der Waals surface area contributed by atoms with Crippen molar-refractivity contribution in [2.24, 2.45) is 5.41 Å². The number of amides is 1. The molecule has 2 N–H and O–H groups in total. The van der Waals surface area contributed by atoms with Crippen LogP contribution in [0.5, 0.6) is 0 Å². The molecule has 0 unspecified atom stereocenters. The normalized spacial score (nSPS) is 17.1. The number of nitrogens with one attached hydrogen (secondary N) is 1. The molecule has 1 saturated carbocycles. The Balaban J connectivity index is 1.87. The summed E-state index contributed by atoms with van der Waals surface area (Å²) in [7, 11) is 0. The van der Waals surface area contributed by atoms with Gasteiger partial charge >= 0.3 is 0 Å². The zero-order valence-corrected chi connectivity index (χ0v) is 10.4. The summed E-state index contributed by atoms with van der Waals surface area (Å²) in [5.74, 6) is -0.107. The van der Waals surface area contributed by atoms with Gasteiger partial charge in [-0.15, -0.1) is 11.3 Å². The number of hydrogen-bond acceptors (Lipinski definition) is 3. The van der Waals surface area contributed by atoms with E-state index >= 15 is 0 Å². The fraction of sp³-hybridized carbons (Fsp3) is 0.545. The molecule has 1 amide bonds. The van der Waals surface area contributed by atoms with E-state index in [0.29, 0.717) is 16.4 Å². The molecular formula is C11H14ClNO2S. The van der Waals surface area contributed by atoms with Crippen molar-refractivity contribution in [3.05, 3.63) is 21.3 Å². The number of halogens is 1. The standard InChI is InChI=1S/C11H14ClNO2S/c12-8-1-6-16-9(8)10(15)13-7-11(2-3-11)4-5-14/h1,6,14H,2-5,7H2,(H,13,15). The van der Waals surface area contributed by atoms with E-state index in [1.54, 1.807) is 11.4 Å². The van der Waals surface area contributed by atoms with Crippen molar-refractivity contribution < 1.29 is 9.90 Å². The van der Waals surface area contributed by atoms with E-state index in [1.807, 2.05) is 0 Å². The van der Waals surface area contributed by atoms with Crippen LogP contribution in [0.2, 0.25) is 5.02 Å². The second kappa shape index (κ2) is 4.73. The quantitative estimate of drug-likeness (QED) is 0.853. The average molecular weight is 260 g/mol. The first-order valence-electron chi connectivity index (χ1n) is 5.29. The Hall–Kier alpha value is -0.580. The van der Waals surface area contributed by atoms with Gasteiger partial charge in [-0.25, -0.2) is 0 Å². The molecule has 1 aromatic heterocycles. The molecule has 0 saturated heterocycles. The lowest BCUT2D eigenvalue weighted by atomic mass is 10.0. The third kappa shape index (κ3) is 2.56. The van der Waals surface area contributed by atoms with Crippen LogP contribution >= 0.6 is 22.9 Å². The van der Waals surface area contributed by atoms with E-state index in [4.69, 9.17) is 16.7 Å². The van der Waals surface area contributed by atoms with Crippen molar-refractivity contribution in [1.29, 1.82) is 0 Å². The summed E-state index contributed by atoms with van der Waals surface area (Å²) in [6, 6.07) is 1.72. The smallest absolute Gasteiger partial charge is 0.262 e. The van der Waals surface area contributed by atoms with Gasteiger partial charge in [0.1, 0.15) is 4.88 Å². The summed E-state index contributed by atoms with van der Waals surface area (Å²) in [4.78, 5) is 12.3. The molecule has 5 heteroatoms. The van der Waals surface area contributed by atoms with Crippen molar-refractivity contribution in [2.45, 2.75) is 19.3 Å². The summed E-state index contributed by atoms with van der Waals surface area (Å²) in [6.07, 6.45) is 2.95. The zero-order valence-electron chi connectivity index (χ0n) is 8.83. The minimum absolute atomic E-state index is 0.107. The molecular weight excluding hydrogens is 246 g/mol. The van der Waals surface area contributed by atoms with Crippen molar-refractivity contribution in [2.75, 3.05) is 13.2 Å². The summed E-state index contributed by atoms with van der Waals surface area (Å²) in [5, 5.41) is 14.1. The van der Waals surface area contributed by atoms with Gasteiger partial charge in [-0.05, 0) is 36.1 Å². The molecule has 1 fully saturated rings. The second-order valence-electron chi connectivity index (χ2n) is 4.25. The van der Waals surface area contributed by atoms with Gasteiger partial charge in [0.15, 0.2) is 0 Å². The van der Waals surface area contributed by atoms with Crippen LogP contribution in [-0.2, 0) is 0 Å². The highest BCUT2D eigenvalue weighted by Gasteiger charge is 2.41. The molecule has 88 valence electrons. The first kappa shape index (κ1) is 11.9. The lowest BCUT2D eigenvalue weighted by molar-refractivity contribution is 0.0945. The molecule has 0 aromatic carbocycles. The van der Waals surface area contributed by atoms with Crippen LogP contribution in [0.25, 0.3) is 0 Å². The van der Waals surface area contributed by atoms with Gasteiger partial charge in [-0.3, -0.25) is 4.79 Å². The highest BCUT2D eigenvalue weighted by molar-refractivity contribution is 7.12. The Labute approximate surface area is 103 Å². The SMILES string of the molecule is O=C(NCC1(CCO)CC1)c1sccc1Cl. The minimum Gasteiger partial charge on any atom is -0.396 e. The first-order chi connectivity index (χ1) is 7.67. The lowest BCUT2D eigenvalue weighted by Gasteiger charge is -2.13. The van der Waals surface area contributed by atoms with Crippen LogP contribution in [-0.4, -0.2) is 24.2 Å². The maximum atomic E-state index is 11.8. The number of aliphatic hydroxyl groups excluding tert-OH is 1. The minimum atomic E-state index is -0.107. The van der Waals surface area contributed by atoms with E-state index in [1.165, 1.54) is 11.3 Å². The number of thiophene rings is 1. The van der Waals surface area contributed by atoms with Gasteiger partial charge in [0.2, 0.25) is 0 Å². The van der Waals surface area contributed by atoms with Gasteiger partial charge < -0.3 is 10.4 Å². The summed E-state index contributed by atoms with van der Waals surface area (Å²) >= 11 is 7.22. The highest BCUT2D eigenvalue weighted by Crippen LogP contribution is 2.47. The third-order valence-corrected chi connectivity index (χ3v) is 4.39. The number of carbonyl (C=O) groups is 1. The number of hydrogen-bond donors (Lipinski definition) is 2. The molecule has 1 aliphatic carbocycles. The number of rotatable bonds is 5. The van der Waals surface area contributed by atoms with Crippen LogP contribution in [0, 0.1) is 5.41 Å². The molecule has 16 heavy (non-hydrogen) atoms. The number of carbonyl (C=O) groups excluding carboxylic acids is 1. The second-order valence-corrected chi connectivity index (χ2v) is 5.58. The Bertz CT molecular complexity index is 387. The van der Waals surface area contributed by atoms with Crippen LogP contribution in [0.15, 0.2) is 11.4 Å². The topological polar surface area (TPSA) is 49.3 Å². The Kier molecular flexibility index (Phi) is 3.52. The molecule has 2 rings (SSSR count). The molecule has 0 bridgehead atoms. The molecule has 1 heterocycles. The van der Waals surface area contributed by atoms with Crippen LogP contribution in [0.3, 0.4) is 0 Å². The lowest BCUT2D eigenvalue weighted by Crippen LogP contribution is -2.30. The van der Waals surface area contributed by atoms with Crippen LogP contribution in [0.1, 0.15) is 28.9 Å². The van der Waals surface area contributed by atoms with Gasteiger partial charge in [0.25, 0.3) is 5.91 Å². The average Bonchev–Trinajstić information content (AvgIpc) is 2.89. The van der Waals surface area contributed by atoms with Crippen molar-refractivity contribution >= 4 is 28.8 Å². The largest absolute Gasteiger partial charge is 0.396 e. The Morgan fingerprint density at radius 1 is 1.62 bits per heavy atom. The summed E-state index contributed by atoms with van der Waals surface area (Å²) < 4.78 is 0. The fourth-order valence-electron chi connectivity index (χ4n) is 1.73. The molecule has 3 nitrogen and oxygen atoms in total. The third-order valence-electron chi connectivity index (χ3n) is 3.05. The van der Waals surface area contributed by atoms with E-state index in [2.05, 4.69) is 5.32 Å². The predicted octanol–water partition coefficient (Wildman–Crippen LogP) is 2.29. The van der Waals surface area contributed by atoms with Gasteiger partial charge in [-0.2, -0.15) is 0 Å². The van der Waals surface area contributed by atoms with Gasteiger partial charge in [-0.1, -0.05) is 11.6 Å². The van der Waals surface area contributed by atoms with E-state index in [-0.39, 0.29) is 17.9 Å². The monoisotopic (exact) mass is 259 g/mol. The molecule has 0 radical (unpaired) electrons. The van der Waals surface area contributed by atoms with Crippen LogP contribution in [0.4, 0.5) is 0 Å². The molecule has 0 atom stereocenters.